The lowest BCUT2D eigenvalue weighted by Crippen LogP contribution is -2.63. The molecule has 13 rings (SSSR count). The number of hydrogen-bond donors (Lipinski definition) is 8. The predicted octanol–water partition coefficient (Wildman–Crippen LogP) is 14.5. The van der Waals surface area contributed by atoms with Gasteiger partial charge in [0.15, 0.2) is 28.8 Å². The number of ketones is 1. The molecule has 89 heavy (non-hydrogen) atoms. The fourth-order valence-corrected chi connectivity index (χ4v) is 23.1. The fraction of sp³-hybridized carbons (Fsp3) is 0.473. The molecule has 0 amide bonds. The topological polar surface area (TPSA) is 185 Å². The summed E-state index contributed by atoms with van der Waals surface area (Å²) in [4.78, 5) is 21.2. The van der Waals surface area contributed by atoms with Crippen LogP contribution in [-0.4, -0.2) is 97.2 Å². The third kappa shape index (κ3) is 12.0. The fourth-order valence-electron chi connectivity index (χ4n) is 17.4. The Morgan fingerprint density at radius 3 is 2.37 bits per heavy atom. The Morgan fingerprint density at radius 2 is 1.55 bits per heavy atom. The Balaban J connectivity index is 1.01. The Bertz CT molecular complexity index is 3620. The summed E-state index contributed by atoms with van der Waals surface area (Å²) in [7, 11) is 8.22. The normalized spacial score (nSPS) is 30.2. The van der Waals surface area contributed by atoms with Crippen LogP contribution in [0.4, 0.5) is 0 Å². The van der Waals surface area contributed by atoms with Gasteiger partial charge in [0.2, 0.25) is 0 Å². The zero-order valence-electron chi connectivity index (χ0n) is 51.2. The minimum atomic E-state index is -1.76. The van der Waals surface area contributed by atoms with Gasteiger partial charge in [-0.2, -0.15) is 0 Å². The maximum atomic E-state index is 17.9. The summed E-state index contributed by atoms with van der Waals surface area (Å²) in [5, 5.41) is 81.8. The van der Waals surface area contributed by atoms with Gasteiger partial charge in [-0.25, -0.2) is 0 Å². The van der Waals surface area contributed by atoms with E-state index in [4.69, 9.17) is 9.47 Å². The first-order valence-corrected chi connectivity index (χ1v) is 37.5. The number of benzene rings is 6. The second-order valence-corrected chi connectivity index (χ2v) is 31.6. The number of phenols is 3. The molecular weight excluding hydrogens is 1190 g/mol. The number of nitrogens with one attached hydrogen (secondary N) is 2. The lowest BCUT2D eigenvalue weighted by molar-refractivity contribution is -0.150. The first-order chi connectivity index (χ1) is 43.4. The van der Waals surface area contributed by atoms with Gasteiger partial charge in [0, 0.05) is 64.9 Å². The number of phenolic OH excluding ortho intramolecular Hbond substituents is 3. The number of aromatic nitrogens is 1. The minimum Gasteiger partial charge on any atom is -0.508 e. The molecule has 0 radical (unpaired) electrons. The SMILES string of the molecule is CCc1ccc2cccc3c2c1Cc1c(ccc(O)c1OC)C[C@@H](Cc1cc[nH]c1)[C@H](O)[C@@H]1C(=O)[C@](c2cc(O)cc([C@@]45CCC[C@@H](Cc6ccccc6)[C@H]4CCCN5)c2)([C@H]2CSSC[C@H]4CCCC[C@@H]4Oc4cc2ccc4O)[C@H](O)C[C@H]1CSS[C@H]3CO. The zero-order chi connectivity index (χ0) is 61.4. The van der Waals surface area contributed by atoms with E-state index in [-0.39, 0.29) is 59.2 Å². The van der Waals surface area contributed by atoms with Crippen molar-refractivity contribution in [2.24, 2.45) is 35.5 Å². The quantitative estimate of drug-likeness (QED) is 0.0605. The zero-order valence-corrected chi connectivity index (χ0v) is 54.4. The van der Waals surface area contributed by atoms with Crippen LogP contribution >= 0.6 is 43.2 Å². The van der Waals surface area contributed by atoms with E-state index in [0.29, 0.717) is 53.7 Å². The van der Waals surface area contributed by atoms with Gasteiger partial charge in [-0.05, 0) is 205 Å². The number of aliphatic hydroxyl groups is 3. The Hall–Kier alpha value is -5.23. The number of aromatic hydroxyl groups is 3. The molecule has 15 heteroatoms. The van der Waals surface area contributed by atoms with Crippen LogP contribution in [-0.2, 0) is 47.9 Å². The number of fused-ring (bicyclic) bond motifs is 6. The highest BCUT2D eigenvalue weighted by molar-refractivity contribution is 8.77. The summed E-state index contributed by atoms with van der Waals surface area (Å²) >= 11 is 0. The molecule has 3 aliphatic carbocycles. The standard InChI is InChI=1S/C74H86N2O9S4/c1-3-46-20-21-47-15-9-17-57-66(40-77)89-88-42-53-34-67(81)74(61-43-87-86-41-51-14-7-8-19-64(51)85-65-33-50(61)23-24-62(65)79,55-35-54(36-56(78)37-55)73-27-10-16-49(60(73)18-11-28-76-73)30-44-12-5-4-6-13-44)72(83)69(53)70(82)52(31-45-26-29-75-39-45)32-48-22-25-63(80)71(84-2)59(48)38-58(46)68(47)57/h4-6,9,12-13,15,17,20-26,29,33,35-37,39,49,51-53,60-61,64,66-67,69-70,75-82H,3,7-8,10-11,14,16,18-19,27-28,30-32,34,38,40-43H2,1-2H3/t49-,51+,52+,53-,60+,61-,64-,66-,67+,69+,70-,73-,74+/m0/s1. The largest absolute Gasteiger partial charge is 0.508 e. The van der Waals surface area contributed by atoms with Gasteiger partial charge in [-0.1, -0.05) is 142 Å². The molecule has 8 N–H and O–H groups in total. The van der Waals surface area contributed by atoms with Crippen molar-refractivity contribution in [1.82, 2.24) is 10.3 Å². The van der Waals surface area contributed by atoms with Crippen LogP contribution < -0.4 is 14.8 Å². The molecule has 6 aromatic carbocycles. The highest BCUT2D eigenvalue weighted by Gasteiger charge is 2.62. The molecule has 1 saturated heterocycles. The number of piperidine rings is 1. The van der Waals surface area contributed by atoms with Crippen LogP contribution in [0, 0.1) is 35.5 Å². The Labute approximate surface area is 540 Å². The molecule has 470 valence electrons. The Kier molecular flexibility index (Phi) is 19.1. The van der Waals surface area contributed by atoms with Crippen LogP contribution in [0.15, 0.2) is 128 Å². The number of aryl methyl sites for hydroxylation is 1. The number of H-pyrrole nitrogens is 1. The molecule has 1 aromatic heterocycles. The molecule has 0 spiro atoms. The van der Waals surface area contributed by atoms with Crippen molar-refractivity contribution >= 4 is 59.7 Å². The monoisotopic (exact) mass is 1270 g/mol. The number of aromatic amines is 1. The third-order valence-electron chi connectivity index (χ3n) is 21.7. The van der Waals surface area contributed by atoms with Gasteiger partial charge in [0.1, 0.15) is 11.9 Å². The van der Waals surface area contributed by atoms with E-state index in [1.807, 2.05) is 48.8 Å². The van der Waals surface area contributed by atoms with Crippen molar-refractivity contribution in [2.45, 2.75) is 144 Å². The molecule has 4 fully saturated rings. The van der Waals surface area contributed by atoms with E-state index in [2.05, 4.69) is 77.9 Å². The van der Waals surface area contributed by atoms with Crippen LogP contribution in [0.5, 0.6) is 28.7 Å². The number of rotatable bonds is 10. The van der Waals surface area contributed by atoms with E-state index in [1.54, 1.807) is 68.5 Å². The van der Waals surface area contributed by atoms with E-state index < -0.39 is 46.8 Å². The summed E-state index contributed by atoms with van der Waals surface area (Å²) in [5.74, 6) is 0.0118. The van der Waals surface area contributed by atoms with Crippen LogP contribution in [0.2, 0.25) is 0 Å². The number of hydrogen-bond acceptors (Lipinski definition) is 14. The van der Waals surface area contributed by atoms with E-state index >= 15 is 4.79 Å². The number of ether oxygens (including phenoxy) is 2. The second kappa shape index (κ2) is 27.2. The average Bonchev–Trinajstić information content (AvgIpc) is 0.751. The smallest absolute Gasteiger partial charge is 0.164 e. The lowest BCUT2D eigenvalue weighted by Gasteiger charge is -2.54. The molecule has 2 bridgehead atoms. The van der Waals surface area contributed by atoms with Gasteiger partial charge in [-0.3, -0.25) is 4.79 Å². The van der Waals surface area contributed by atoms with Crippen LogP contribution in [0.1, 0.15) is 138 Å². The van der Waals surface area contributed by atoms with Crippen LogP contribution in [0.25, 0.3) is 10.8 Å². The maximum absolute atomic E-state index is 17.9. The van der Waals surface area contributed by atoms with Crippen molar-refractivity contribution in [3.05, 3.63) is 183 Å². The predicted molar refractivity (Wildman–Crippen MR) is 363 cm³/mol. The van der Waals surface area contributed by atoms with Crippen molar-refractivity contribution < 1.29 is 44.9 Å². The highest BCUT2D eigenvalue weighted by atomic mass is 33.1. The van der Waals surface area contributed by atoms with Gasteiger partial charge in [0.05, 0.1) is 36.6 Å². The summed E-state index contributed by atoms with van der Waals surface area (Å²) in [6.07, 6.45) is 13.1. The van der Waals surface area contributed by atoms with Crippen molar-refractivity contribution in [3.8, 4) is 28.7 Å². The number of carbonyl (C=O) groups excluding carboxylic acids is 1. The summed E-state index contributed by atoms with van der Waals surface area (Å²) in [5.41, 5.74) is 7.04. The first-order valence-electron chi connectivity index (χ1n) is 32.6. The number of methoxy groups -OCH3 is 1. The van der Waals surface area contributed by atoms with Gasteiger partial charge >= 0.3 is 0 Å². The average molecular weight is 1280 g/mol. The molecule has 11 nitrogen and oxygen atoms in total. The van der Waals surface area contributed by atoms with Crippen molar-refractivity contribution in [2.75, 3.05) is 37.5 Å². The maximum Gasteiger partial charge on any atom is 0.164 e. The summed E-state index contributed by atoms with van der Waals surface area (Å²) in [6, 6.07) is 38.3. The molecule has 3 saturated carbocycles. The van der Waals surface area contributed by atoms with Crippen molar-refractivity contribution in [3.63, 3.8) is 0 Å². The van der Waals surface area contributed by atoms with E-state index in [0.717, 1.165) is 138 Å². The molecule has 13 atom stereocenters. The molecule has 4 heterocycles. The minimum absolute atomic E-state index is 0.00518. The number of carbonyl (C=O) groups is 1. The first kappa shape index (κ1) is 62.6. The summed E-state index contributed by atoms with van der Waals surface area (Å²) < 4.78 is 13.1. The summed E-state index contributed by atoms with van der Waals surface area (Å²) in [6.45, 7) is 2.80. The number of Topliss-reactive ketones (excluding diaryl/α,β-unsaturated/α-hetero) is 1. The van der Waals surface area contributed by atoms with Crippen molar-refractivity contribution in [1.29, 1.82) is 0 Å². The molecule has 0 unspecified atom stereocenters. The van der Waals surface area contributed by atoms with Gasteiger partial charge in [0.25, 0.3) is 0 Å². The van der Waals surface area contributed by atoms with Crippen LogP contribution in [0.3, 0.4) is 0 Å². The molecule has 7 aromatic rings. The molecular formula is C74H86N2O9S4. The molecule has 3 aliphatic heterocycles. The highest BCUT2D eigenvalue weighted by Crippen LogP contribution is 2.59. The van der Waals surface area contributed by atoms with E-state index in [9.17, 15) is 30.6 Å². The molecule has 6 aliphatic rings. The van der Waals surface area contributed by atoms with Gasteiger partial charge < -0.3 is 50.4 Å². The van der Waals surface area contributed by atoms with Gasteiger partial charge in [-0.15, -0.1) is 0 Å². The second-order valence-electron chi connectivity index (χ2n) is 26.4. The lowest BCUT2D eigenvalue weighted by atomic mass is 9.52. The number of aliphatic hydroxyl groups excluding tert-OH is 3. The van der Waals surface area contributed by atoms with E-state index in [1.165, 1.54) is 5.56 Å². The Morgan fingerprint density at radius 1 is 0.742 bits per heavy atom. The third-order valence-corrected chi connectivity index (χ3v) is 27.1.